The molecular weight excluding hydrogens is 448 g/mol. The Hall–Kier alpha value is -3.49. The number of amides is 1. The molecule has 34 heavy (non-hydrogen) atoms. The van der Waals surface area contributed by atoms with Gasteiger partial charge in [0.1, 0.15) is 4.90 Å². The van der Waals surface area contributed by atoms with E-state index in [2.05, 4.69) is 45.9 Å². The zero-order valence-corrected chi connectivity index (χ0v) is 20.0. The first kappa shape index (κ1) is 23.7. The van der Waals surface area contributed by atoms with Gasteiger partial charge in [0.15, 0.2) is 5.84 Å². The van der Waals surface area contributed by atoms with Gasteiger partial charge in [0, 0.05) is 23.4 Å². The Balaban J connectivity index is 1.43. The normalized spacial score (nSPS) is 14.9. The lowest BCUT2D eigenvalue weighted by atomic mass is 10.0. The van der Waals surface area contributed by atoms with Crippen molar-refractivity contribution in [2.75, 3.05) is 25.0 Å². The van der Waals surface area contributed by atoms with E-state index >= 15 is 0 Å². The Morgan fingerprint density at radius 3 is 2.24 bits per heavy atom. The Bertz CT molecular complexity index is 1290. The van der Waals surface area contributed by atoms with Crippen molar-refractivity contribution in [2.24, 2.45) is 4.40 Å². The van der Waals surface area contributed by atoms with Crippen molar-refractivity contribution >= 4 is 27.5 Å². The number of nitrogens with one attached hydrogen (secondary N) is 2. The fraction of sp³-hybridized carbons (Fsp3) is 0.231. The predicted molar refractivity (Wildman–Crippen MR) is 135 cm³/mol. The fourth-order valence-corrected chi connectivity index (χ4v) is 5.30. The maximum absolute atomic E-state index is 12.8. The van der Waals surface area contributed by atoms with Crippen molar-refractivity contribution in [3.05, 3.63) is 95.6 Å². The molecule has 0 fully saturated rings. The van der Waals surface area contributed by atoms with Gasteiger partial charge in [0.25, 0.3) is 15.9 Å². The monoisotopic (exact) mass is 476 g/mol. The average molecular weight is 477 g/mol. The molecule has 3 aromatic carbocycles. The molecule has 1 atom stereocenters. The van der Waals surface area contributed by atoms with E-state index in [9.17, 15) is 13.2 Å². The summed E-state index contributed by atoms with van der Waals surface area (Å²) in [6.07, 6.45) is 0. The molecule has 0 aliphatic carbocycles. The van der Waals surface area contributed by atoms with Gasteiger partial charge >= 0.3 is 0 Å². The van der Waals surface area contributed by atoms with E-state index < -0.39 is 10.0 Å². The van der Waals surface area contributed by atoms with Crippen LogP contribution in [-0.4, -0.2) is 44.7 Å². The lowest BCUT2D eigenvalue weighted by Crippen LogP contribution is -2.38. The van der Waals surface area contributed by atoms with Gasteiger partial charge in [-0.2, -0.15) is 8.42 Å². The summed E-state index contributed by atoms with van der Waals surface area (Å²) >= 11 is 0. The molecule has 176 valence electrons. The minimum absolute atomic E-state index is 0.0866. The van der Waals surface area contributed by atoms with E-state index in [4.69, 9.17) is 0 Å². The summed E-state index contributed by atoms with van der Waals surface area (Å²) in [5.74, 6) is 0.114. The molecule has 8 heteroatoms. The molecule has 4 rings (SSSR count). The highest BCUT2D eigenvalue weighted by atomic mass is 32.2. The van der Waals surface area contributed by atoms with Gasteiger partial charge in [0.05, 0.1) is 6.04 Å². The quantitative estimate of drug-likeness (QED) is 0.512. The number of fused-ring (bicyclic) bond motifs is 1. The molecule has 0 radical (unpaired) electrons. The molecule has 0 spiro atoms. The zero-order valence-electron chi connectivity index (χ0n) is 19.2. The van der Waals surface area contributed by atoms with Crippen molar-refractivity contribution in [1.82, 2.24) is 10.2 Å². The van der Waals surface area contributed by atoms with Crippen LogP contribution in [0.25, 0.3) is 0 Å². The number of anilines is 1. The molecule has 7 nitrogen and oxygen atoms in total. The predicted octanol–water partition coefficient (Wildman–Crippen LogP) is 4.06. The second-order valence-electron chi connectivity index (χ2n) is 7.97. The van der Waals surface area contributed by atoms with Gasteiger partial charge in [-0.15, -0.1) is 4.40 Å². The van der Waals surface area contributed by atoms with Crippen LogP contribution in [0.4, 0.5) is 5.69 Å². The Morgan fingerprint density at radius 1 is 0.912 bits per heavy atom. The van der Waals surface area contributed by atoms with Crippen molar-refractivity contribution in [3.8, 4) is 0 Å². The molecule has 1 heterocycles. The highest BCUT2D eigenvalue weighted by molar-refractivity contribution is 7.90. The minimum Gasteiger partial charge on any atom is -0.350 e. The van der Waals surface area contributed by atoms with Crippen molar-refractivity contribution in [2.45, 2.75) is 24.8 Å². The first-order chi connectivity index (χ1) is 16.4. The molecule has 1 amide bonds. The van der Waals surface area contributed by atoms with E-state index in [1.807, 2.05) is 18.2 Å². The maximum atomic E-state index is 12.8. The topological polar surface area (TPSA) is 90.9 Å². The molecular formula is C26H28N4O3S. The number of carbonyl (C=O) groups is 1. The van der Waals surface area contributed by atoms with Gasteiger partial charge in [0.2, 0.25) is 0 Å². The second-order valence-corrected chi connectivity index (χ2v) is 9.54. The number of sulfonamides is 1. The third-order valence-corrected chi connectivity index (χ3v) is 7.27. The first-order valence-electron chi connectivity index (χ1n) is 11.3. The summed E-state index contributed by atoms with van der Waals surface area (Å²) in [6.45, 7) is 6.50. The molecule has 2 N–H and O–H groups in total. The van der Waals surface area contributed by atoms with Crippen LogP contribution in [-0.2, 0) is 10.0 Å². The fourth-order valence-electron chi connectivity index (χ4n) is 4.13. The Kier molecular flexibility index (Phi) is 7.09. The third kappa shape index (κ3) is 5.03. The van der Waals surface area contributed by atoms with Gasteiger partial charge in [-0.25, -0.2) is 0 Å². The molecule has 3 aromatic rings. The summed E-state index contributed by atoms with van der Waals surface area (Å²) in [5.41, 5.74) is 2.87. The summed E-state index contributed by atoms with van der Waals surface area (Å²) in [7, 11) is -3.69. The van der Waals surface area contributed by atoms with Gasteiger partial charge in [-0.1, -0.05) is 56.3 Å². The number of carbonyl (C=O) groups excluding carboxylic acids is 1. The van der Waals surface area contributed by atoms with E-state index in [0.717, 1.165) is 13.1 Å². The van der Waals surface area contributed by atoms with Crippen molar-refractivity contribution in [1.29, 1.82) is 0 Å². The number of nitrogens with zero attached hydrogens (tertiary/aromatic N) is 2. The van der Waals surface area contributed by atoms with Crippen LogP contribution in [0.2, 0.25) is 0 Å². The average Bonchev–Trinajstić information content (AvgIpc) is 3.12. The number of amidine groups is 1. The SMILES string of the molecule is CCN(CC)C(CNC(=O)c1ccc(NC2=NS(=O)(=O)c3ccccc32)cc1)c1ccccc1. The molecule has 1 unspecified atom stereocenters. The zero-order chi connectivity index (χ0) is 24.1. The van der Waals surface area contributed by atoms with E-state index in [1.54, 1.807) is 42.5 Å². The highest BCUT2D eigenvalue weighted by Crippen LogP contribution is 2.27. The number of benzene rings is 3. The standard InChI is InChI=1S/C26H28N4O3S/c1-3-30(4-2)23(19-10-6-5-7-11-19)18-27-26(31)20-14-16-21(17-15-20)28-25-22-12-8-9-13-24(22)34(32,33)29-25/h5-17,23H,3-4,18H2,1-2H3,(H,27,31)(H,28,29). The van der Waals surface area contributed by atoms with Gasteiger partial charge < -0.3 is 10.6 Å². The van der Waals surface area contributed by atoms with Crippen LogP contribution in [0.5, 0.6) is 0 Å². The second kappa shape index (κ2) is 10.2. The largest absolute Gasteiger partial charge is 0.350 e. The Labute approximate surface area is 200 Å². The summed E-state index contributed by atoms with van der Waals surface area (Å²) in [4.78, 5) is 15.3. The number of likely N-dealkylation sites (N-methyl/N-ethyl adjacent to an activating group) is 1. The maximum Gasteiger partial charge on any atom is 0.285 e. The van der Waals surface area contributed by atoms with Crippen LogP contribution in [0, 0.1) is 0 Å². The van der Waals surface area contributed by atoms with Crippen LogP contribution >= 0.6 is 0 Å². The smallest absolute Gasteiger partial charge is 0.285 e. The van der Waals surface area contributed by atoms with Crippen molar-refractivity contribution in [3.63, 3.8) is 0 Å². The first-order valence-corrected chi connectivity index (χ1v) is 12.8. The molecule has 1 aliphatic rings. The number of hydrogen-bond donors (Lipinski definition) is 2. The van der Waals surface area contributed by atoms with Crippen LogP contribution < -0.4 is 10.6 Å². The summed E-state index contributed by atoms with van der Waals surface area (Å²) in [6, 6.07) is 23.9. The van der Waals surface area contributed by atoms with Crippen molar-refractivity contribution < 1.29 is 13.2 Å². The molecule has 0 bridgehead atoms. The Morgan fingerprint density at radius 2 is 1.56 bits per heavy atom. The van der Waals surface area contributed by atoms with Crippen LogP contribution in [0.15, 0.2) is 88.2 Å². The molecule has 0 saturated carbocycles. The van der Waals surface area contributed by atoms with Crippen LogP contribution in [0.3, 0.4) is 0 Å². The van der Waals surface area contributed by atoms with Gasteiger partial charge in [-0.3, -0.25) is 9.69 Å². The number of rotatable bonds is 8. The molecule has 0 saturated heterocycles. The molecule has 0 aromatic heterocycles. The van der Waals surface area contributed by atoms with Crippen LogP contribution in [0.1, 0.15) is 41.4 Å². The summed E-state index contributed by atoms with van der Waals surface area (Å²) in [5, 5.41) is 6.11. The highest BCUT2D eigenvalue weighted by Gasteiger charge is 2.28. The lowest BCUT2D eigenvalue weighted by molar-refractivity contribution is 0.0935. The third-order valence-electron chi connectivity index (χ3n) is 5.93. The van der Waals surface area contributed by atoms with E-state index in [1.165, 1.54) is 11.6 Å². The van der Waals surface area contributed by atoms with E-state index in [0.29, 0.717) is 23.4 Å². The minimum atomic E-state index is -3.69. The van der Waals surface area contributed by atoms with Gasteiger partial charge in [-0.05, 0) is 55.1 Å². The molecule has 1 aliphatic heterocycles. The summed E-state index contributed by atoms with van der Waals surface area (Å²) < 4.78 is 28.3. The lowest BCUT2D eigenvalue weighted by Gasteiger charge is -2.30. The number of hydrogen-bond acceptors (Lipinski definition) is 5. The van der Waals surface area contributed by atoms with E-state index in [-0.39, 0.29) is 22.7 Å².